The number of anilines is 3. The second-order valence-electron chi connectivity index (χ2n) is 6.38. The van der Waals surface area contributed by atoms with Crippen LogP contribution in [0.25, 0.3) is 0 Å². The Morgan fingerprint density at radius 1 is 0.815 bits per heavy atom. The van der Waals surface area contributed by atoms with Crippen LogP contribution >= 0.6 is 0 Å². The van der Waals surface area contributed by atoms with Crippen LogP contribution in [0.4, 0.5) is 17.2 Å². The summed E-state index contributed by atoms with van der Waals surface area (Å²) in [5, 5.41) is 2.85. The lowest BCUT2D eigenvalue weighted by molar-refractivity contribution is 0.102. The van der Waals surface area contributed by atoms with Crippen LogP contribution in [0.5, 0.6) is 0 Å². The maximum absolute atomic E-state index is 12.3. The van der Waals surface area contributed by atoms with Gasteiger partial charge in [0.15, 0.2) is 0 Å². The fourth-order valence-corrected chi connectivity index (χ4v) is 3.16. The van der Waals surface area contributed by atoms with E-state index in [4.69, 9.17) is 0 Å². The zero-order chi connectivity index (χ0) is 18.5. The van der Waals surface area contributed by atoms with Crippen LogP contribution in [0.1, 0.15) is 10.5 Å². The lowest BCUT2D eigenvalue weighted by Crippen LogP contribution is -2.46. The standard InChI is InChI=1S/C21H21N5O/c27-21(24-17-6-2-1-3-7-17)19-10-9-18(16-23-19)25-12-14-26(15-13-25)20-8-4-5-11-22-20/h1-11,16H,12-15H2,(H,24,27). The van der Waals surface area contributed by atoms with Gasteiger partial charge in [-0.25, -0.2) is 9.97 Å². The molecule has 0 aliphatic carbocycles. The molecule has 3 heterocycles. The summed E-state index contributed by atoms with van der Waals surface area (Å²) in [4.78, 5) is 25.6. The number of nitrogens with zero attached hydrogens (tertiary/aromatic N) is 4. The van der Waals surface area contributed by atoms with Crippen molar-refractivity contribution in [1.29, 1.82) is 0 Å². The Kier molecular flexibility index (Phi) is 4.96. The van der Waals surface area contributed by atoms with Crippen LogP contribution in [0.15, 0.2) is 73.1 Å². The van der Waals surface area contributed by atoms with E-state index < -0.39 is 0 Å². The molecular formula is C21H21N5O. The van der Waals surface area contributed by atoms with E-state index >= 15 is 0 Å². The fourth-order valence-electron chi connectivity index (χ4n) is 3.16. The molecule has 27 heavy (non-hydrogen) atoms. The van der Waals surface area contributed by atoms with Gasteiger partial charge in [-0.05, 0) is 36.4 Å². The first-order valence-corrected chi connectivity index (χ1v) is 9.03. The predicted molar refractivity (Wildman–Crippen MR) is 107 cm³/mol. The van der Waals surface area contributed by atoms with Crippen molar-refractivity contribution in [2.45, 2.75) is 0 Å². The smallest absolute Gasteiger partial charge is 0.274 e. The van der Waals surface area contributed by atoms with Crippen LogP contribution < -0.4 is 15.1 Å². The summed E-state index contributed by atoms with van der Waals surface area (Å²) in [7, 11) is 0. The van der Waals surface area contributed by atoms with E-state index in [-0.39, 0.29) is 5.91 Å². The number of piperazine rings is 1. The summed E-state index contributed by atoms with van der Waals surface area (Å²) in [6.07, 6.45) is 3.60. The molecule has 0 radical (unpaired) electrons. The largest absolute Gasteiger partial charge is 0.367 e. The lowest BCUT2D eigenvalue weighted by atomic mass is 10.2. The number of benzene rings is 1. The molecule has 3 aromatic rings. The maximum Gasteiger partial charge on any atom is 0.274 e. The van der Waals surface area contributed by atoms with Crippen molar-refractivity contribution in [2.75, 3.05) is 41.3 Å². The Labute approximate surface area is 158 Å². The van der Waals surface area contributed by atoms with Crippen LogP contribution in [-0.2, 0) is 0 Å². The van der Waals surface area contributed by atoms with Crippen molar-refractivity contribution in [2.24, 2.45) is 0 Å². The van der Waals surface area contributed by atoms with Gasteiger partial charge in [-0.15, -0.1) is 0 Å². The molecule has 6 nitrogen and oxygen atoms in total. The number of hydrogen-bond acceptors (Lipinski definition) is 5. The number of hydrogen-bond donors (Lipinski definition) is 1. The monoisotopic (exact) mass is 359 g/mol. The molecule has 1 aromatic carbocycles. The molecule has 6 heteroatoms. The van der Waals surface area contributed by atoms with Crippen LogP contribution in [0.3, 0.4) is 0 Å². The van der Waals surface area contributed by atoms with Gasteiger partial charge in [0.05, 0.1) is 11.9 Å². The molecule has 1 fully saturated rings. The zero-order valence-electron chi connectivity index (χ0n) is 15.0. The zero-order valence-corrected chi connectivity index (χ0v) is 15.0. The van der Waals surface area contributed by atoms with Crippen LogP contribution in [0.2, 0.25) is 0 Å². The molecule has 1 amide bonds. The molecular weight excluding hydrogens is 338 g/mol. The van der Waals surface area contributed by atoms with Gasteiger partial charge in [-0.2, -0.15) is 0 Å². The van der Waals surface area contributed by atoms with Gasteiger partial charge in [0.2, 0.25) is 0 Å². The van der Waals surface area contributed by atoms with Crippen LogP contribution in [0, 0.1) is 0 Å². The minimum atomic E-state index is -0.201. The molecule has 4 rings (SSSR count). The van der Waals surface area contributed by atoms with Crippen molar-refractivity contribution in [3.05, 3.63) is 78.8 Å². The van der Waals surface area contributed by atoms with E-state index in [1.165, 1.54) is 0 Å². The Morgan fingerprint density at radius 3 is 2.22 bits per heavy atom. The number of nitrogens with one attached hydrogen (secondary N) is 1. The first-order chi connectivity index (χ1) is 13.3. The van der Waals surface area contributed by atoms with Gasteiger partial charge in [-0.3, -0.25) is 4.79 Å². The van der Waals surface area contributed by atoms with Gasteiger partial charge in [0.1, 0.15) is 11.5 Å². The van der Waals surface area contributed by atoms with Crippen molar-refractivity contribution >= 4 is 23.1 Å². The average molecular weight is 359 g/mol. The summed E-state index contributed by atoms with van der Waals surface area (Å²) in [5.74, 6) is 0.816. The third-order valence-electron chi connectivity index (χ3n) is 4.63. The third-order valence-corrected chi connectivity index (χ3v) is 4.63. The van der Waals surface area contributed by atoms with Crippen molar-refractivity contribution in [3.8, 4) is 0 Å². The van der Waals surface area contributed by atoms with Crippen molar-refractivity contribution in [3.63, 3.8) is 0 Å². The number of carbonyl (C=O) groups is 1. The Balaban J connectivity index is 1.36. The van der Waals surface area contributed by atoms with Gasteiger partial charge in [-0.1, -0.05) is 24.3 Å². The second-order valence-corrected chi connectivity index (χ2v) is 6.38. The molecule has 1 N–H and O–H groups in total. The predicted octanol–water partition coefficient (Wildman–Crippen LogP) is 3.06. The Morgan fingerprint density at radius 2 is 1.56 bits per heavy atom. The van der Waals surface area contributed by atoms with E-state index in [0.717, 1.165) is 43.4 Å². The molecule has 1 aliphatic rings. The van der Waals surface area contributed by atoms with Gasteiger partial charge >= 0.3 is 0 Å². The fraction of sp³-hybridized carbons (Fsp3) is 0.190. The number of para-hydroxylation sites is 1. The summed E-state index contributed by atoms with van der Waals surface area (Å²) >= 11 is 0. The Hall–Kier alpha value is -3.41. The SMILES string of the molecule is O=C(Nc1ccccc1)c1ccc(N2CCN(c3ccccn3)CC2)cn1. The molecule has 0 saturated carbocycles. The highest BCUT2D eigenvalue weighted by atomic mass is 16.1. The van der Waals surface area contributed by atoms with Crippen molar-refractivity contribution < 1.29 is 4.79 Å². The minimum absolute atomic E-state index is 0.201. The number of pyridine rings is 2. The highest BCUT2D eigenvalue weighted by Gasteiger charge is 2.18. The summed E-state index contributed by atoms with van der Waals surface area (Å²) in [6.45, 7) is 3.61. The molecule has 0 spiro atoms. The number of rotatable bonds is 4. The molecule has 2 aromatic heterocycles. The Bertz CT molecular complexity index is 875. The normalized spacial score (nSPS) is 14.1. The highest BCUT2D eigenvalue weighted by Crippen LogP contribution is 2.19. The quantitative estimate of drug-likeness (QED) is 0.776. The van der Waals surface area contributed by atoms with Gasteiger partial charge in [0, 0.05) is 38.1 Å². The highest BCUT2D eigenvalue weighted by molar-refractivity contribution is 6.02. The van der Waals surface area contributed by atoms with Gasteiger partial charge < -0.3 is 15.1 Å². The van der Waals surface area contributed by atoms with E-state index in [0.29, 0.717) is 5.69 Å². The number of aromatic nitrogens is 2. The van der Waals surface area contributed by atoms with Crippen molar-refractivity contribution in [1.82, 2.24) is 9.97 Å². The molecule has 1 aliphatic heterocycles. The number of carbonyl (C=O) groups excluding carboxylic acids is 1. The van der Waals surface area contributed by atoms with Crippen LogP contribution in [-0.4, -0.2) is 42.1 Å². The maximum atomic E-state index is 12.3. The van der Waals surface area contributed by atoms with Gasteiger partial charge in [0.25, 0.3) is 5.91 Å². The topological polar surface area (TPSA) is 61.4 Å². The third kappa shape index (κ3) is 4.06. The lowest BCUT2D eigenvalue weighted by Gasteiger charge is -2.36. The van der Waals surface area contributed by atoms with E-state index in [1.807, 2.05) is 60.8 Å². The number of amides is 1. The van der Waals surface area contributed by atoms with E-state index in [1.54, 1.807) is 12.3 Å². The van der Waals surface area contributed by atoms with E-state index in [9.17, 15) is 4.79 Å². The average Bonchev–Trinajstić information content (AvgIpc) is 2.75. The first kappa shape index (κ1) is 17.0. The van der Waals surface area contributed by atoms with E-state index in [2.05, 4.69) is 25.1 Å². The summed E-state index contributed by atoms with van der Waals surface area (Å²) < 4.78 is 0. The second kappa shape index (κ2) is 7.86. The minimum Gasteiger partial charge on any atom is -0.367 e. The first-order valence-electron chi connectivity index (χ1n) is 9.03. The molecule has 0 unspecified atom stereocenters. The summed E-state index contributed by atoms with van der Waals surface area (Å²) in [5.41, 5.74) is 2.21. The molecule has 1 saturated heterocycles. The molecule has 136 valence electrons. The summed E-state index contributed by atoms with van der Waals surface area (Å²) in [6, 6.07) is 19.1. The molecule has 0 atom stereocenters. The molecule has 0 bridgehead atoms.